The average molecular weight is 215 g/mol. The second-order valence-corrected chi connectivity index (χ2v) is 4.33. The number of rotatable bonds is 9. The Hall–Kier alpha value is -0.570. The Balaban J connectivity index is 3.68. The van der Waals surface area contributed by atoms with E-state index in [1.807, 2.05) is 0 Å². The van der Waals surface area contributed by atoms with Crippen LogP contribution in [0.4, 0.5) is 0 Å². The lowest BCUT2D eigenvalue weighted by Crippen LogP contribution is -2.33. The SMILES string of the molecule is CCCCCCN(CCC(=O)O)C(C)C. The molecule has 0 aromatic heterocycles. The van der Waals surface area contributed by atoms with Crippen molar-refractivity contribution in [3.05, 3.63) is 0 Å². The fourth-order valence-electron chi connectivity index (χ4n) is 1.61. The van der Waals surface area contributed by atoms with Crippen LogP contribution >= 0.6 is 0 Å². The van der Waals surface area contributed by atoms with Crippen LogP contribution in [0.3, 0.4) is 0 Å². The maximum atomic E-state index is 10.5. The summed E-state index contributed by atoms with van der Waals surface area (Å²) in [4.78, 5) is 12.7. The minimum atomic E-state index is -0.700. The van der Waals surface area contributed by atoms with E-state index in [0.717, 1.165) is 6.54 Å². The molecule has 0 aromatic rings. The van der Waals surface area contributed by atoms with Gasteiger partial charge in [-0.2, -0.15) is 0 Å². The molecule has 0 spiro atoms. The van der Waals surface area contributed by atoms with E-state index in [-0.39, 0.29) is 6.42 Å². The van der Waals surface area contributed by atoms with Crippen LogP contribution in [0.15, 0.2) is 0 Å². The molecule has 15 heavy (non-hydrogen) atoms. The van der Waals surface area contributed by atoms with Crippen LogP contribution in [0.2, 0.25) is 0 Å². The van der Waals surface area contributed by atoms with Gasteiger partial charge in [-0.25, -0.2) is 0 Å². The van der Waals surface area contributed by atoms with Crippen LogP contribution in [0.5, 0.6) is 0 Å². The van der Waals surface area contributed by atoms with Crippen LogP contribution < -0.4 is 0 Å². The number of nitrogens with zero attached hydrogens (tertiary/aromatic N) is 1. The van der Waals surface area contributed by atoms with E-state index in [1.54, 1.807) is 0 Å². The molecule has 1 N–H and O–H groups in total. The van der Waals surface area contributed by atoms with Crippen molar-refractivity contribution in [1.29, 1.82) is 0 Å². The minimum Gasteiger partial charge on any atom is -0.481 e. The topological polar surface area (TPSA) is 40.5 Å². The van der Waals surface area contributed by atoms with E-state index in [9.17, 15) is 4.79 Å². The maximum absolute atomic E-state index is 10.5. The molecule has 0 bridgehead atoms. The Morgan fingerprint density at radius 1 is 1.20 bits per heavy atom. The Labute approximate surface area is 93.5 Å². The molecule has 0 aliphatic heterocycles. The zero-order chi connectivity index (χ0) is 11.7. The van der Waals surface area contributed by atoms with Crippen LogP contribution in [0.1, 0.15) is 52.9 Å². The number of aliphatic carboxylic acids is 1. The highest BCUT2D eigenvalue weighted by atomic mass is 16.4. The van der Waals surface area contributed by atoms with Gasteiger partial charge in [-0.15, -0.1) is 0 Å². The molecule has 0 saturated heterocycles. The van der Waals surface area contributed by atoms with E-state index in [4.69, 9.17) is 5.11 Å². The average Bonchev–Trinajstić information content (AvgIpc) is 2.15. The van der Waals surface area contributed by atoms with Crippen molar-refractivity contribution >= 4 is 5.97 Å². The van der Waals surface area contributed by atoms with Gasteiger partial charge < -0.3 is 10.0 Å². The maximum Gasteiger partial charge on any atom is 0.304 e. The number of hydrogen-bond acceptors (Lipinski definition) is 2. The molecule has 90 valence electrons. The third-order valence-electron chi connectivity index (χ3n) is 2.64. The van der Waals surface area contributed by atoms with Gasteiger partial charge in [0.25, 0.3) is 0 Å². The van der Waals surface area contributed by atoms with Gasteiger partial charge in [0.05, 0.1) is 6.42 Å². The van der Waals surface area contributed by atoms with Gasteiger partial charge in [0.1, 0.15) is 0 Å². The Kier molecular flexibility index (Phi) is 8.38. The number of hydrogen-bond donors (Lipinski definition) is 1. The van der Waals surface area contributed by atoms with Crippen LogP contribution in [0, 0.1) is 0 Å². The lowest BCUT2D eigenvalue weighted by atomic mass is 10.2. The van der Waals surface area contributed by atoms with Crippen LogP contribution in [-0.2, 0) is 4.79 Å². The molecule has 3 heteroatoms. The molecule has 0 atom stereocenters. The summed E-state index contributed by atoms with van der Waals surface area (Å²) in [7, 11) is 0. The Morgan fingerprint density at radius 3 is 2.33 bits per heavy atom. The monoisotopic (exact) mass is 215 g/mol. The predicted molar refractivity (Wildman–Crippen MR) is 63.1 cm³/mol. The van der Waals surface area contributed by atoms with Crippen molar-refractivity contribution in [2.45, 2.75) is 58.9 Å². The van der Waals surface area contributed by atoms with Crippen molar-refractivity contribution in [2.24, 2.45) is 0 Å². The molecule has 0 amide bonds. The summed E-state index contributed by atoms with van der Waals surface area (Å²) in [6.07, 6.45) is 5.23. The molecule has 3 nitrogen and oxygen atoms in total. The molecule has 0 rings (SSSR count). The predicted octanol–water partition coefficient (Wildman–Crippen LogP) is 2.75. The summed E-state index contributed by atoms with van der Waals surface area (Å²) in [6.45, 7) is 8.16. The number of carboxylic acids is 1. The van der Waals surface area contributed by atoms with Gasteiger partial charge in [-0.05, 0) is 26.8 Å². The molecule has 0 aliphatic rings. The van der Waals surface area contributed by atoms with E-state index in [0.29, 0.717) is 12.6 Å². The Bertz CT molecular complexity index is 169. The molecular weight excluding hydrogens is 190 g/mol. The van der Waals surface area contributed by atoms with Crippen molar-refractivity contribution in [3.63, 3.8) is 0 Å². The molecule has 0 radical (unpaired) electrons. The molecule has 0 aliphatic carbocycles. The summed E-state index contributed by atoms with van der Waals surface area (Å²) in [5.41, 5.74) is 0. The van der Waals surface area contributed by atoms with Gasteiger partial charge >= 0.3 is 5.97 Å². The van der Waals surface area contributed by atoms with Gasteiger partial charge in [0, 0.05) is 12.6 Å². The Morgan fingerprint density at radius 2 is 1.87 bits per heavy atom. The highest BCUT2D eigenvalue weighted by Gasteiger charge is 2.10. The van der Waals surface area contributed by atoms with Crippen molar-refractivity contribution in [1.82, 2.24) is 4.90 Å². The summed E-state index contributed by atoms with van der Waals surface area (Å²) in [5.74, 6) is -0.700. The largest absolute Gasteiger partial charge is 0.481 e. The molecular formula is C12H25NO2. The molecule has 0 fully saturated rings. The first-order valence-corrected chi connectivity index (χ1v) is 6.03. The number of unbranched alkanes of at least 4 members (excludes halogenated alkanes) is 3. The van der Waals surface area contributed by atoms with Crippen LogP contribution in [-0.4, -0.2) is 35.1 Å². The smallest absolute Gasteiger partial charge is 0.304 e. The molecule has 0 saturated carbocycles. The number of carbonyl (C=O) groups is 1. The molecule has 0 heterocycles. The fraction of sp³-hybridized carbons (Fsp3) is 0.917. The lowest BCUT2D eigenvalue weighted by molar-refractivity contribution is -0.137. The quantitative estimate of drug-likeness (QED) is 0.601. The standard InChI is InChI=1S/C12H25NO2/c1-4-5-6-7-9-13(11(2)3)10-8-12(14)15/h11H,4-10H2,1-3H3,(H,14,15). The first-order chi connectivity index (χ1) is 7.07. The van der Waals surface area contributed by atoms with Crippen molar-refractivity contribution in [2.75, 3.05) is 13.1 Å². The summed E-state index contributed by atoms with van der Waals surface area (Å²) in [5, 5.41) is 8.63. The zero-order valence-corrected chi connectivity index (χ0v) is 10.3. The van der Waals surface area contributed by atoms with Gasteiger partial charge in [0.15, 0.2) is 0 Å². The van der Waals surface area contributed by atoms with Crippen molar-refractivity contribution < 1.29 is 9.90 Å². The summed E-state index contributed by atoms with van der Waals surface area (Å²) >= 11 is 0. The van der Waals surface area contributed by atoms with Gasteiger partial charge in [-0.1, -0.05) is 26.2 Å². The minimum absolute atomic E-state index is 0.256. The molecule has 0 aromatic carbocycles. The fourth-order valence-corrected chi connectivity index (χ4v) is 1.61. The highest BCUT2D eigenvalue weighted by Crippen LogP contribution is 2.05. The van der Waals surface area contributed by atoms with E-state index in [2.05, 4.69) is 25.7 Å². The second kappa shape index (κ2) is 8.72. The first-order valence-electron chi connectivity index (χ1n) is 6.03. The zero-order valence-electron chi connectivity index (χ0n) is 10.3. The van der Waals surface area contributed by atoms with Gasteiger partial charge in [0.2, 0.25) is 0 Å². The first kappa shape index (κ1) is 14.4. The van der Waals surface area contributed by atoms with Crippen molar-refractivity contribution in [3.8, 4) is 0 Å². The number of carboxylic acid groups (broad SMARTS) is 1. The molecule has 0 unspecified atom stereocenters. The van der Waals surface area contributed by atoms with Crippen LogP contribution in [0.25, 0.3) is 0 Å². The second-order valence-electron chi connectivity index (χ2n) is 4.33. The third kappa shape index (κ3) is 8.43. The van der Waals surface area contributed by atoms with E-state index < -0.39 is 5.97 Å². The summed E-state index contributed by atoms with van der Waals surface area (Å²) < 4.78 is 0. The third-order valence-corrected chi connectivity index (χ3v) is 2.64. The highest BCUT2D eigenvalue weighted by molar-refractivity contribution is 5.66. The van der Waals surface area contributed by atoms with Gasteiger partial charge in [-0.3, -0.25) is 4.79 Å². The summed E-state index contributed by atoms with van der Waals surface area (Å²) in [6, 6.07) is 0.450. The van der Waals surface area contributed by atoms with E-state index in [1.165, 1.54) is 25.7 Å². The van der Waals surface area contributed by atoms with E-state index >= 15 is 0 Å². The lowest BCUT2D eigenvalue weighted by Gasteiger charge is -2.25. The normalized spacial score (nSPS) is 11.3.